The van der Waals surface area contributed by atoms with Crippen molar-refractivity contribution in [2.45, 2.75) is 25.5 Å². The summed E-state index contributed by atoms with van der Waals surface area (Å²) in [4.78, 5) is 2.38. The molecule has 98 valence electrons. The Hall–Kier alpha value is -1.32. The molecule has 18 heavy (non-hydrogen) atoms. The van der Waals surface area contributed by atoms with Crippen molar-refractivity contribution in [3.8, 4) is 5.75 Å². The van der Waals surface area contributed by atoms with Crippen LogP contribution in [0.4, 0.5) is 0 Å². The average molecular weight is 247 g/mol. The van der Waals surface area contributed by atoms with E-state index in [-0.39, 0.29) is 6.10 Å². The zero-order valence-corrected chi connectivity index (χ0v) is 10.7. The molecule has 0 unspecified atom stereocenters. The van der Waals surface area contributed by atoms with Crippen molar-refractivity contribution < 1.29 is 9.84 Å². The minimum absolute atomic E-state index is 0.101. The highest BCUT2D eigenvalue weighted by Crippen LogP contribution is 2.16. The van der Waals surface area contributed by atoms with Gasteiger partial charge in [-0.2, -0.15) is 0 Å². The van der Waals surface area contributed by atoms with Gasteiger partial charge < -0.3 is 9.84 Å². The van der Waals surface area contributed by atoms with E-state index in [1.165, 1.54) is 5.56 Å². The number of aliphatic hydroxyl groups is 1. The third-order valence-electron chi connectivity index (χ3n) is 3.25. The van der Waals surface area contributed by atoms with E-state index in [0.29, 0.717) is 6.61 Å². The van der Waals surface area contributed by atoms with Crippen molar-refractivity contribution in [3.63, 3.8) is 0 Å². The molecule has 0 spiro atoms. The Morgan fingerprint density at radius 3 is 2.56 bits per heavy atom. The van der Waals surface area contributed by atoms with Gasteiger partial charge in [0, 0.05) is 19.6 Å². The molecule has 3 nitrogen and oxygen atoms in total. The number of nitrogens with zero attached hydrogens (tertiary/aromatic N) is 1. The molecule has 0 aromatic heterocycles. The predicted octanol–water partition coefficient (Wildman–Crippen LogP) is 2.21. The van der Waals surface area contributed by atoms with E-state index in [9.17, 15) is 5.11 Å². The van der Waals surface area contributed by atoms with E-state index in [1.54, 1.807) is 6.08 Å². The summed E-state index contributed by atoms with van der Waals surface area (Å²) in [6.45, 7) is 7.09. The minimum Gasteiger partial charge on any atom is -0.490 e. The molecule has 0 radical (unpaired) electrons. The number of likely N-dealkylation sites (tertiary alicyclic amines) is 1. The molecule has 1 fully saturated rings. The standard InChI is InChI=1S/C15H21NO2/c1-2-11-18-15-5-3-13(4-6-15)12-16-9-7-14(17)8-10-16/h2-6,14,17H,1,7-12H2. The molecule has 1 saturated heterocycles. The average Bonchev–Trinajstić information content (AvgIpc) is 2.41. The van der Waals surface area contributed by atoms with Crippen LogP contribution >= 0.6 is 0 Å². The molecule has 0 bridgehead atoms. The lowest BCUT2D eigenvalue weighted by molar-refractivity contribution is 0.0792. The fraction of sp³-hybridized carbons (Fsp3) is 0.467. The number of benzene rings is 1. The summed E-state index contributed by atoms with van der Waals surface area (Å²) in [7, 11) is 0. The maximum Gasteiger partial charge on any atom is 0.119 e. The molecule has 1 aromatic carbocycles. The first-order chi connectivity index (χ1) is 8.78. The normalized spacial score (nSPS) is 17.6. The molecule has 0 amide bonds. The minimum atomic E-state index is -0.101. The lowest BCUT2D eigenvalue weighted by atomic mass is 10.1. The smallest absolute Gasteiger partial charge is 0.119 e. The van der Waals surface area contributed by atoms with Gasteiger partial charge in [-0.3, -0.25) is 4.90 Å². The predicted molar refractivity (Wildman–Crippen MR) is 72.7 cm³/mol. The Morgan fingerprint density at radius 2 is 1.94 bits per heavy atom. The fourth-order valence-electron chi connectivity index (χ4n) is 2.18. The van der Waals surface area contributed by atoms with E-state index < -0.39 is 0 Å². The van der Waals surface area contributed by atoms with Crippen molar-refractivity contribution in [2.75, 3.05) is 19.7 Å². The second-order valence-electron chi connectivity index (χ2n) is 4.75. The second kappa shape index (κ2) is 6.57. The quantitative estimate of drug-likeness (QED) is 0.810. The van der Waals surface area contributed by atoms with Gasteiger partial charge in [-0.25, -0.2) is 0 Å². The van der Waals surface area contributed by atoms with Crippen molar-refractivity contribution in [2.24, 2.45) is 0 Å². The van der Waals surface area contributed by atoms with Gasteiger partial charge in [0.15, 0.2) is 0 Å². The first-order valence-corrected chi connectivity index (χ1v) is 6.51. The molecule has 0 atom stereocenters. The van der Waals surface area contributed by atoms with E-state index in [1.807, 2.05) is 12.1 Å². The number of ether oxygens (including phenoxy) is 1. The van der Waals surface area contributed by atoms with Gasteiger partial charge in [0.2, 0.25) is 0 Å². The molecule has 1 N–H and O–H groups in total. The summed E-state index contributed by atoms with van der Waals surface area (Å²) in [5.41, 5.74) is 1.29. The molecule has 1 heterocycles. The fourth-order valence-corrected chi connectivity index (χ4v) is 2.18. The monoisotopic (exact) mass is 247 g/mol. The van der Waals surface area contributed by atoms with Crippen LogP contribution in [-0.2, 0) is 6.54 Å². The van der Waals surface area contributed by atoms with Crippen molar-refractivity contribution >= 4 is 0 Å². The first kappa shape index (κ1) is 13.1. The number of rotatable bonds is 5. The first-order valence-electron chi connectivity index (χ1n) is 6.51. The van der Waals surface area contributed by atoms with Crippen LogP contribution in [-0.4, -0.2) is 35.8 Å². The summed E-state index contributed by atoms with van der Waals surface area (Å²) < 4.78 is 5.45. The Labute approximate surface area is 109 Å². The largest absolute Gasteiger partial charge is 0.490 e. The van der Waals surface area contributed by atoms with Crippen LogP contribution in [0.3, 0.4) is 0 Å². The van der Waals surface area contributed by atoms with Gasteiger partial charge in [-0.05, 0) is 30.5 Å². The van der Waals surface area contributed by atoms with Gasteiger partial charge in [0.05, 0.1) is 6.10 Å². The van der Waals surface area contributed by atoms with Gasteiger partial charge in [-0.15, -0.1) is 0 Å². The van der Waals surface area contributed by atoms with Gasteiger partial charge in [-0.1, -0.05) is 24.8 Å². The lowest BCUT2D eigenvalue weighted by Gasteiger charge is -2.29. The molecular weight excluding hydrogens is 226 g/mol. The highest BCUT2D eigenvalue weighted by Gasteiger charge is 2.16. The molecule has 1 aromatic rings. The highest BCUT2D eigenvalue weighted by molar-refractivity contribution is 5.27. The van der Waals surface area contributed by atoms with Crippen LogP contribution in [0, 0.1) is 0 Å². The summed E-state index contributed by atoms with van der Waals surface area (Å²) >= 11 is 0. The maximum atomic E-state index is 9.46. The van der Waals surface area contributed by atoms with Crippen molar-refractivity contribution in [3.05, 3.63) is 42.5 Å². The van der Waals surface area contributed by atoms with Crippen LogP contribution in [0.1, 0.15) is 18.4 Å². The number of hydrogen-bond acceptors (Lipinski definition) is 3. The van der Waals surface area contributed by atoms with E-state index in [0.717, 1.165) is 38.2 Å². The lowest BCUT2D eigenvalue weighted by Crippen LogP contribution is -2.35. The third-order valence-corrected chi connectivity index (χ3v) is 3.25. The molecular formula is C15H21NO2. The SMILES string of the molecule is C=CCOc1ccc(CN2CCC(O)CC2)cc1. The Bertz CT molecular complexity index is 367. The highest BCUT2D eigenvalue weighted by atomic mass is 16.5. The topological polar surface area (TPSA) is 32.7 Å². The summed E-state index contributed by atoms with van der Waals surface area (Å²) in [5.74, 6) is 0.882. The number of hydrogen-bond donors (Lipinski definition) is 1. The van der Waals surface area contributed by atoms with Gasteiger partial charge >= 0.3 is 0 Å². The van der Waals surface area contributed by atoms with E-state index >= 15 is 0 Å². The molecule has 0 saturated carbocycles. The van der Waals surface area contributed by atoms with Crippen molar-refractivity contribution in [1.82, 2.24) is 4.90 Å². The molecule has 2 rings (SSSR count). The summed E-state index contributed by atoms with van der Waals surface area (Å²) in [5, 5.41) is 9.46. The molecule has 3 heteroatoms. The summed E-state index contributed by atoms with van der Waals surface area (Å²) in [6.07, 6.45) is 3.42. The zero-order chi connectivity index (χ0) is 12.8. The van der Waals surface area contributed by atoms with E-state index in [2.05, 4.69) is 23.6 Å². The zero-order valence-electron chi connectivity index (χ0n) is 10.7. The molecule has 0 aliphatic carbocycles. The Kier molecular flexibility index (Phi) is 4.79. The maximum absolute atomic E-state index is 9.46. The number of piperidine rings is 1. The van der Waals surface area contributed by atoms with Crippen LogP contribution < -0.4 is 4.74 Å². The van der Waals surface area contributed by atoms with Gasteiger partial charge in [0.1, 0.15) is 12.4 Å². The van der Waals surface area contributed by atoms with Gasteiger partial charge in [0.25, 0.3) is 0 Å². The molecule has 1 aliphatic heterocycles. The molecule has 1 aliphatic rings. The van der Waals surface area contributed by atoms with Crippen LogP contribution in [0.5, 0.6) is 5.75 Å². The van der Waals surface area contributed by atoms with Crippen LogP contribution in [0.25, 0.3) is 0 Å². The third kappa shape index (κ3) is 3.86. The Balaban J connectivity index is 1.84. The number of aliphatic hydroxyl groups excluding tert-OH is 1. The van der Waals surface area contributed by atoms with Crippen molar-refractivity contribution in [1.29, 1.82) is 0 Å². The van der Waals surface area contributed by atoms with Crippen LogP contribution in [0.15, 0.2) is 36.9 Å². The second-order valence-corrected chi connectivity index (χ2v) is 4.75. The Morgan fingerprint density at radius 1 is 1.28 bits per heavy atom. The van der Waals surface area contributed by atoms with E-state index in [4.69, 9.17) is 4.74 Å². The van der Waals surface area contributed by atoms with Crippen LogP contribution in [0.2, 0.25) is 0 Å². The summed E-state index contributed by atoms with van der Waals surface area (Å²) in [6, 6.07) is 8.20.